The highest BCUT2D eigenvalue weighted by Gasteiger charge is 2.38. The van der Waals surface area contributed by atoms with Gasteiger partial charge in [0.1, 0.15) is 6.04 Å². The van der Waals surface area contributed by atoms with Gasteiger partial charge < -0.3 is 20.6 Å². The van der Waals surface area contributed by atoms with Gasteiger partial charge in [0.15, 0.2) is 0 Å². The molecule has 2 atom stereocenters. The smallest absolute Gasteiger partial charge is 0.335 e. The zero-order chi connectivity index (χ0) is 19.4. The fourth-order valence-corrected chi connectivity index (χ4v) is 3.18. The molecule has 140 valence electrons. The van der Waals surface area contributed by atoms with Crippen LogP contribution in [0.5, 0.6) is 0 Å². The highest BCUT2D eigenvalue weighted by molar-refractivity contribution is 6.01. The van der Waals surface area contributed by atoms with E-state index in [2.05, 4.69) is 10.6 Å². The summed E-state index contributed by atoms with van der Waals surface area (Å²) in [5.74, 6) is -1.13. The Bertz CT molecular complexity index is 836. The van der Waals surface area contributed by atoms with Gasteiger partial charge in [-0.25, -0.2) is 9.59 Å². The number of benzene rings is 2. The maximum Gasteiger partial charge on any atom is 0.335 e. The second kappa shape index (κ2) is 7.90. The maximum absolute atomic E-state index is 12.7. The molecule has 0 aliphatic carbocycles. The van der Waals surface area contributed by atoms with Crippen molar-refractivity contribution in [3.63, 3.8) is 0 Å². The summed E-state index contributed by atoms with van der Waals surface area (Å²) in [6.45, 7) is 2.19. The van der Waals surface area contributed by atoms with E-state index < -0.39 is 18.0 Å². The summed E-state index contributed by atoms with van der Waals surface area (Å²) in [5, 5.41) is 14.3. The summed E-state index contributed by atoms with van der Waals surface area (Å²) in [4.78, 5) is 37.4. The lowest BCUT2D eigenvalue weighted by Gasteiger charge is -2.21. The van der Waals surface area contributed by atoms with Crippen molar-refractivity contribution >= 4 is 23.6 Å². The first-order valence-corrected chi connectivity index (χ1v) is 8.70. The number of rotatable bonds is 5. The molecule has 2 aromatic carbocycles. The minimum absolute atomic E-state index is 0.00577. The van der Waals surface area contributed by atoms with Gasteiger partial charge >= 0.3 is 12.0 Å². The molecule has 2 unspecified atom stereocenters. The van der Waals surface area contributed by atoms with E-state index in [1.54, 1.807) is 17.0 Å². The molecule has 27 heavy (non-hydrogen) atoms. The summed E-state index contributed by atoms with van der Waals surface area (Å²) in [7, 11) is 0. The Kier molecular flexibility index (Phi) is 5.40. The topological polar surface area (TPSA) is 98.7 Å². The van der Waals surface area contributed by atoms with Gasteiger partial charge in [-0.15, -0.1) is 0 Å². The number of carbonyl (C=O) groups is 3. The van der Waals surface area contributed by atoms with Crippen LogP contribution < -0.4 is 15.5 Å². The molecule has 7 nitrogen and oxygen atoms in total. The number of urea groups is 1. The number of carbonyl (C=O) groups excluding carboxylic acids is 2. The second-order valence-corrected chi connectivity index (χ2v) is 6.51. The summed E-state index contributed by atoms with van der Waals surface area (Å²) in [6, 6.07) is 14.6. The molecule has 1 aliphatic heterocycles. The molecule has 1 saturated heterocycles. The molecule has 1 heterocycles. The van der Waals surface area contributed by atoms with Gasteiger partial charge in [0, 0.05) is 18.3 Å². The largest absolute Gasteiger partial charge is 0.478 e. The lowest BCUT2D eigenvalue weighted by molar-refractivity contribution is -0.118. The summed E-state index contributed by atoms with van der Waals surface area (Å²) < 4.78 is 0. The number of nitrogens with one attached hydrogen (secondary N) is 2. The first-order valence-electron chi connectivity index (χ1n) is 8.70. The molecule has 0 aromatic heterocycles. The van der Waals surface area contributed by atoms with E-state index in [0.717, 1.165) is 11.3 Å². The van der Waals surface area contributed by atoms with Crippen LogP contribution in [0.3, 0.4) is 0 Å². The van der Waals surface area contributed by atoms with Crippen LogP contribution in [-0.4, -0.2) is 35.1 Å². The molecule has 7 heteroatoms. The first-order chi connectivity index (χ1) is 13.0. The monoisotopic (exact) mass is 367 g/mol. The predicted octanol–water partition coefficient (Wildman–Crippen LogP) is 2.38. The van der Waals surface area contributed by atoms with Gasteiger partial charge in [-0.1, -0.05) is 30.3 Å². The van der Waals surface area contributed by atoms with Crippen molar-refractivity contribution in [2.45, 2.75) is 32.0 Å². The average molecular weight is 367 g/mol. The van der Waals surface area contributed by atoms with Crippen molar-refractivity contribution < 1.29 is 19.5 Å². The molecule has 3 rings (SSSR count). The number of para-hydroxylation sites is 1. The van der Waals surface area contributed by atoms with Crippen LogP contribution in [0.1, 0.15) is 29.3 Å². The molecule has 2 aromatic rings. The van der Waals surface area contributed by atoms with E-state index in [0.29, 0.717) is 6.42 Å². The van der Waals surface area contributed by atoms with Crippen molar-refractivity contribution in [3.05, 3.63) is 65.7 Å². The van der Waals surface area contributed by atoms with E-state index in [1.165, 1.54) is 12.1 Å². The molecule has 3 amide bonds. The first kappa shape index (κ1) is 18.4. The zero-order valence-electron chi connectivity index (χ0n) is 14.9. The van der Waals surface area contributed by atoms with Crippen LogP contribution in [0, 0.1) is 0 Å². The maximum atomic E-state index is 12.7. The van der Waals surface area contributed by atoms with Gasteiger partial charge in [0.25, 0.3) is 0 Å². The van der Waals surface area contributed by atoms with Crippen molar-refractivity contribution in [2.75, 3.05) is 4.90 Å². The Hall–Kier alpha value is -3.35. The molecular formula is C20H21N3O4. The van der Waals surface area contributed by atoms with E-state index in [-0.39, 0.29) is 24.1 Å². The molecule has 1 aliphatic rings. The number of aromatic carboxylic acids is 1. The van der Waals surface area contributed by atoms with E-state index in [9.17, 15) is 14.4 Å². The fraction of sp³-hybridized carbons (Fsp3) is 0.250. The average Bonchev–Trinajstić information content (AvgIpc) is 2.94. The number of hydrogen-bond acceptors (Lipinski definition) is 3. The number of carboxylic acids is 1. The van der Waals surface area contributed by atoms with E-state index in [1.807, 2.05) is 37.3 Å². The lowest BCUT2D eigenvalue weighted by Crippen LogP contribution is -2.46. The molecule has 0 spiro atoms. The standard InChI is InChI=1S/C20H21N3O4/c1-13-11-17(18(24)23(13)16-5-3-2-4-6-16)22-20(27)21-12-14-7-9-15(10-8-14)19(25)26/h2-10,13,17H,11-12H2,1H3,(H,25,26)(H2,21,22,27). The third-order valence-corrected chi connectivity index (χ3v) is 4.55. The molecular weight excluding hydrogens is 346 g/mol. The van der Waals surface area contributed by atoms with Crippen molar-refractivity contribution in [1.82, 2.24) is 10.6 Å². The van der Waals surface area contributed by atoms with Crippen LogP contribution in [0.2, 0.25) is 0 Å². The van der Waals surface area contributed by atoms with E-state index >= 15 is 0 Å². The number of nitrogens with zero attached hydrogens (tertiary/aromatic N) is 1. The number of hydrogen-bond donors (Lipinski definition) is 3. The Morgan fingerprint density at radius 3 is 2.41 bits per heavy atom. The minimum atomic E-state index is -0.996. The van der Waals surface area contributed by atoms with Crippen LogP contribution in [0.4, 0.5) is 10.5 Å². The Morgan fingerprint density at radius 1 is 1.11 bits per heavy atom. The van der Waals surface area contributed by atoms with Crippen molar-refractivity contribution in [2.24, 2.45) is 0 Å². The molecule has 3 N–H and O–H groups in total. The second-order valence-electron chi connectivity index (χ2n) is 6.51. The predicted molar refractivity (Wildman–Crippen MR) is 101 cm³/mol. The minimum Gasteiger partial charge on any atom is -0.478 e. The quantitative estimate of drug-likeness (QED) is 0.756. The van der Waals surface area contributed by atoms with Crippen LogP contribution in [0.15, 0.2) is 54.6 Å². The fourth-order valence-electron chi connectivity index (χ4n) is 3.18. The highest BCUT2D eigenvalue weighted by Crippen LogP contribution is 2.26. The number of anilines is 1. The summed E-state index contributed by atoms with van der Waals surface area (Å²) in [5.41, 5.74) is 1.78. The SMILES string of the molecule is CC1CC(NC(=O)NCc2ccc(C(=O)O)cc2)C(=O)N1c1ccccc1. The van der Waals surface area contributed by atoms with E-state index in [4.69, 9.17) is 5.11 Å². The Morgan fingerprint density at radius 2 is 1.78 bits per heavy atom. The van der Waals surface area contributed by atoms with Gasteiger partial charge in [-0.2, -0.15) is 0 Å². The summed E-state index contributed by atoms with van der Waals surface area (Å²) >= 11 is 0. The molecule has 0 bridgehead atoms. The highest BCUT2D eigenvalue weighted by atomic mass is 16.4. The normalized spacial score (nSPS) is 19.0. The Balaban J connectivity index is 1.55. The number of amides is 3. The van der Waals surface area contributed by atoms with Crippen molar-refractivity contribution in [1.29, 1.82) is 0 Å². The third kappa shape index (κ3) is 4.25. The van der Waals surface area contributed by atoms with Gasteiger partial charge in [-0.05, 0) is 43.2 Å². The molecule has 0 saturated carbocycles. The molecule has 1 fully saturated rings. The molecule has 0 radical (unpaired) electrons. The van der Waals surface area contributed by atoms with Crippen LogP contribution in [0.25, 0.3) is 0 Å². The lowest BCUT2D eigenvalue weighted by atomic mass is 10.1. The van der Waals surface area contributed by atoms with Gasteiger partial charge in [-0.3, -0.25) is 4.79 Å². The van der Waals surface area contributed by atoms with Gasteiger partial charge in [0.2, 0.25) is 5.91 Å². The summed E-state index contributed by atoms with van der Waals surface area (Å²) in [6.07, 6.45) is 0.536. The van der Waals surface area contributed by atoms with Crippen LogP contribution in [-0.2, 0) is 11.3 Å². The van der Waals surface area contributed by atoms with Crippen molar-refractivity contribution in [3.8, 4) is 0 Å². The number of carboxylic acid groups (broad SMARTS) is 1. The van der Waals surface area contributed by atoms with Gasteiger partial charge in [0.05, 0.1) is 5.56 Å². The Labute approximate surface area is 157 Å². The van der Waals surface area contributed by atoms with Crippen LogP contribution >= 0.6 is 0 Å². The third-order valence-electron chi connectivity index (χ3n) is 4.55. The zero-order valence-corrected chi connectivity index (χ0v) is 14.9.